The molecule has 4 aromatic rings. The zero-order valence-electron chi connectivity index (χ0n) is 23.6. The van der Waals surface area contributed by atoms with Crippen molar-refractivity contribution in [3.8, 4) is 0 Å². The number of carbonyl (C=O) groups is 2. The summed E-state index contributed by atoms with van der Waals surface area (Å²) in [6.07, 6.45) is 0. The first-order valence-electron chi connectivity index (χ1n) is 12.2. The molecule has 4 rings (SSSR count). The summed E-state index contributed by atoms with van der Waals surface area (Å²) in [5, 5.41) is 20.6. The van der Waals surface area contributed by atoms with Gasteiger partial charge in [0.1, 0.15) is 0 Å². The third-order valence-corrected chi connectivity index (χ3v) is 7.74. The van der Waals surface area contributed by atoms with Gasteiger partial charge in [0.2, 0.25) is 0 Å². The number of aliphatic carboxylic acids is 2. The summed E-state index contributed by atoms with van der Waals surface area (Å²) >= 11 is 0. The maximum absolute atomic E-state index is 9.00. The van der Waals surface area contributed by atoms with E-state index in [1.165, 1.54) is 43.5 Å². The Labute approximate surface area is 270 Å². The number of hydrogen-bond acceptors (Lipinski definition) is 2. The van der Waals surface area contributed by atoms with Gasteiger partial charge in [-0.05, 0) is 60.0 Å². The van der Waals surface area contributed by atoms with Gasteiger partial charge in [0.25, 0.3) is 11.9 Å². The monoisotopic (exact) mass is 760 g/mol. The largest absolute Gasteiger partial charge is 0.481 e. The Morgan fingerprint density at radius 3 is 1.10 bits per heavy atom. The zero-order valence-corrected chi connectivity index (χ0v) is 28.7. The summed E-state index contributed by atoms with van der Waals surface area (Å²) in [6, 6.07) is 34.7. The molecule has 0 aromatic heterocycles. The van der Waals surface area contributed by atoms with Crippen LogP contribution in [0.25, 0.3) is 0 Å². The van der Waals surface area contributed by atoms with Gasteiger partial charge < -0.3 is 10.2 Å². The number of carboxylic acid groups (broad SMARTS) is 2. The maximum Gasteiger partial charge on any atom is 0.300 e. The first kappa shape index (κ1) is 40.1. The number of carboxylic acids is 2. The van der Waals surface area contributed by atoms with Crippen LogP contribution in [0.5, 0.6) is 0 Å². The molecule has 0 heterocycles. The van der Waals surface area contributed by atoms with Gasteiger partial charge in [-0.2, -0.15) is 0 Å². The van der Waals surface area contributed by atoms with Crippen LogP contribution in [-0.2, 0) is 50.4 Å². The summed E-state index contributed by atoms with van der Waals surface area (Å²) in [5.41, 5.74) is 5.46. The fourth-order valence-corrected chi connectivity index (χ4v) is 5.68. The van der Waals surface area contributed by atoms with Crippen LogP contribution in [0.1, 0.15) is 36.1 Å². The van der Waals surface area contributed by atoms with Gasteiger partial charge in [-0.15, -0.1) is 0 Å². The molecule has 2 N–H and O–H groups in total. The molecule has 0 aliphatic heterocycles. The predicted octanol–water partition coefficient (Wildman–Crippen LogP) is 6.04. The third-order valence-electron chi connectivity index (χ3n) is 4.88. The van der Waals surface area contributed by atoms with E-state index in [0.717, 1.165) is 31.0 Å². The molecule has 0 radical (unpaired) electrons. The van der Waals surface area contributed by atoms with Crippen molar-refractivity contribution in [1.82, 2.24) is 0 Å². The van der Waals surface area contributed by atoms with Crippen molar-refractivity contribution >= 4 is 50.3 Å². The molecule has 4 aromatic carbocycles. The van der Waals surface area contributed by atoms with Crippen molar-refractivity contribution in [3.05, 3.63) is 119 Å². The van der Waals surface area contributed by atoms with Crippen molar-refractivity contribution in [1.29, 1.82) is 0 Å². The van der Waals surface area contributed by atoms with Crippen LogP contribution < -0.4 is 21.2 Å². The van der Waals surface area contributed by atoms with Gasteiger partial charge in [-0.25, -0.2) is 0 Å². The van der Waals surface area contributed by atoms with Crippen LogP contribution >= 0.6 is 17.2 Å². The van der Waals surface area contributed by atoms with E-state index in [9.17, 15) is 0 Å². The van der Waals surface area contributed by atoms with Crippen LogP contribution in [0.15, 0.2) is 97.1 Å². The second kappa shape index (κ2) is 22.7. The number of rotatable bonds is 4. The van der Waals surface area contributed by atoms with Crippen LogP contribution in [-0.4, -0.2) is 22.2 Å². The van der Waals surface area contributed by atoms with Gasteiger partial charge in [-0.1, -0.05) is 125 Å². The molecule has 0 amide bonds. The smallest absolute Gasteiger partial charge is 0.300 e. The van der Waals surface area contributed by atoms with Crippen molar-refractivity contribution in [2.75, 3.05) is 0 Å². The van der Waals surface area contributed by atoms with Gasteiger partial charge >= 0.3 is 0 Å². The average Bonchev–Trinajstić information content (AvgIpc) is 2.82. The van der Waals surface area contributed by atoms with Crippen molar-refractivity contribution in [2.24, 2.45) is 0 Å². The van der Waals surface area contributed by atoms with Crippen LogP contribution in [0, 0.1) is 27.7 Å². The molecule has 0 saturated heterocycles. The van der Waals surface area contributed by atoms with Gasteiger partial charge in [-0.3, -0.25) is 9.59 Å². The Bertz CT molecular complexity index is 1200. The first-order valence-corrected chi connectivity index (χ1v) is 14.2. The molecule has 0 aliphatic rings. The molecule has 2 atom stereocenters. The molecular formula is C32H38O4P2Pd2. The quantitative estimate of drug-likeness (QED) is 0.197. The van der Waals surface area contributed by atoms with Crippen molar-refractivity contribution < 1.29 is 60.6 Å². The molecular weight excluding hydrogens is 723 g/mol. The SMILES string of the molecule is CC(=O)O.CC(=O)O.Cc1cccc(Pc2ccccc2C)c1.Cc1cccc(Pc2ccccc2C)c1.[Pd].[Pd]. The molecule has 0 saturated carbocycles. The van der Waals surface area contributed by atoms with Crippen LogP contribution in [0.3, 0.4) is 0 Å². The van der Waals surface area contributed by atoms with Gasteiger partial charge in [0.05, 0.1) is 0 Å². The van der Waals surface area contributed by atoms with E-state index in [2.05, 4.69) is 125 Å². The summed E-state index contributed by atoms with van der Waals surface area (Å²) < 4.78 is 0. The number of benzene rings is 4. The van der Waals surface area contributed by atoms with E-state index in [0.29, 0.717) is 0 Å². The Kier molecular flexibility index (Phi) is 22.7. The zero-order chi connectivity index (χ0) is 28.5. The number of hydrogen-bond donors (Lipinski definition) is 2. The number of aryl methyl sites for hydroxylation is 4. The van der Waals surface area contributed by atoms with E-state index in [1.54, 1.807) is 0 Å². The van der Waals surface area contributed by atoms with Crippen molar-refractivity contribution in [3.63, 3.8) is 0 Å². The Morgan fingerprint density at radius 2 is 0.825 bits per heavy atom. The van der Waals surface area contributed by atoms with E-state index >= 15 is 0 Å². The molecule has 0 fully saturated rings. The topological polar surface area (TPSA) is 74.6 Å². The standard InChI is InChI=1S/2C14H15P.2C2H4O2.2Pd/c2*1-11-6-5-8-13(10-11)15-14-9-4-3-7-12(14)2;2*1-2(3)4;;/h2*3-10,15H,1-2H3;2*1H3,(H,3,4);;. The minimum absolute atomic E-state index is 0. The Balaban J connectivity index is 0. The second-order valence-corrected chi connectivity index (χ2v) is 11.4. The summed E-state index contributed by atoms with van der Waals surface area (Å²) in [4.78, 5) is 18.0. The van der Waals surface area contributed by atoms with Gasteiger partial charge in [0, 0.05) is 54.7 Å². The fraction of sp³-hybridized carbons (Fsp3) is 0.188. The summed E-state index contributed by atoms with van der Waals surface area (Å²) in [7, 11) is 1.54. The second-order valence-electron chi connectivity index (χ2n) is 8.66. The average molecular weight is 761 g/mol. The van der Waals surface area contributed by atoms with E-state index in [4.69, 9.17) is 19.8 Å². The molecule has 8 heteroatoms. The minimum atomic E-state index is -0.833. The fourth-order valence-electron chi connectivity index (χ4n) is 3.18. The van der Waals surface area contributed by atoms with E-state index in [1.807, 2.05) is 0 Å². The summed E-state index contributed by atoms with van der Waals surface area (Å²) in [6.45, 7) is 10.8. The Morgan fingerprint density at radius 1 is 0.525 bits per heavy atom. The molecule has 0 spiro atoms. The maximum atomic E-state index is 9.00. The Hall–Kier alpha value is -2.00. The molecule has 40 heavy (non-hydrogen) atoms. The normalized spacial score (nSPS) is 9.55. The van der Waals surface area contributed by atoms with E-state index < -0.39 is 11.9 Å². The van der Waals surface area contributed by atoms with Crippen LogP contribution in [0.4, 0.5) is 0 Å². The van der Waals surface area contributed by atoms with Crippen molar-refractivity contribution in [2.45, 2.75) is 41.5 Å². The molecule has 0 bridgehead atoms. The summed E-state index contributed by atoms with van der Waals surface area (Å²) in [5.74, 6) is -1.67. The van der Waals surface area contributed by atoms with Crippen LogP contribution in [0.2, 0.25) is 0 Å². The minimum Gasteiger partial charge on any atom is -0.481 e. The third kappa shape index (κ3) is 19.1. The molecule has 2 unspecified atom stereocenters. The molecule has 220 valence electrons. The van der Waals surface area contributed by atoms with E-state index in [-0.39, 0.29) is 40.8 Å². The van der Waals surface area contributed by atoms with Gasteiger partial charge in [0.15, 0.2) is 0 Å². The first-order chi connectivity index (χ1) is 18.0. The molecule has 0 aliphatic carbocycles. The molecule has 4 nitrogen and oxygen atoms in total. The predicted molar refractivity (Wildman–Crippen MR) is 167 cm³/mol.